The molecule has 2 rings (SSSR count). The van der Waals surface area contributed by atoms with Crippen LogP contribution in [-0.4, -0.2) is 46.3 Å². The number of aliphatic carboxylic acids is 2. The molecule has 114 valence electrons. The van der Waals surface area contributed by atoms with Crippen molar-refractivity contribution in [3.8, 4) is 0 Å². The maximum atomic E-state index is 11.4. The van der Waals surface area contributed by atoms with Gasteiger partial charge in [0, 0.05) is 0 Å². The van der Waals surface area contributed by atoms with Gasteiger partial charge < -0.3 is 20.2 Å². The van der Waals surface area contributed by atoms with E-state index in [2.05, 4.69) is 0 Å². The van der Waals surface area contributed by atoms with Crippen molar-refractivity contribution in [2.45, 2.75) is 0 Å². The summed E-state index contributed by atoms with van der Waals surface area (Å²) in [5.41, 5.74) is -0.0720. The van der Waals surface area contributed by atoms with Gasteiger partial charge in [-0.15, -0.1) is 0 Å². The Morgan fingerprint density at radius 2 is 1.36 bits per heavy atom. The quantitative estimate of drug-likeness (QED) is 0.740. The van der Waals surface area contributed by atoms with Crippen LogP contribution in [0.2, 0.25) is 0 Å². The summed E-state index contributed by atoms with van der Waals surface area (Å²) in [6.07, 6.45) is 0. The number of anilines is 1. The zero-order valence-electron chi connectivity index (χ0n) is 11.4. The van der Waals surface area contributed by atoms with Crippen molar-refractivity contribution in [1.29, 1.82) is 0 Å². The normalized spacial score (nSPS) is 10.4. The third-order valence-corrected chi connectivity index (χ3v) is 3.09. The second-order valence-corrected chi connectivity index (χ2v) is 4.67. The van der Waals surface area contributed by atoms with Gasteiger partial charge in [-0.25, -0.2) is 4.79 Å². The van der Waals surface area contributed by atoms with Crippen molar-refractivity contribution >= 4 is 34.4 Å². The molecule has 7 heteroatoms. The summed E-state index contributed by atoms with van der Waals surface area (Å²) < 4.78 is 0. The van der Waals surface area contributed by atoms with Crippen LogP contribution < -0.4 is 4.90 Å². The SMILES string of the molecule is O=C(O)CN(CC(=O)O)c1cc2ccccc2cc1C(=O)O. The van der Waals surface area contributed by atoms with Gasteiger partial charge in [-0.05, 0) is 22.9 Å². The minimum Gasteiger partial charge on any atom is -0.480 e. The number of rotatable bonds is 6. The zero-order chi connectivity index (χ0) is 16.3. The number of aromatic carboxylic acids is 1. The standard InChI is InChI=1S/C15H13NO6/c17-13(18)7-16(8-14(19)20)12-6-10-4-2-1-3-9(10)5-11(12)15(21)22/h1-6H,7-8H2,(H,17,18)(H,19,20)(H,21,22). The van der Waals surface area contributed by atoms with Crippen molar-refractivity contribution in [3.63, 3.8) is 0 Å². The summed E-state index contributed by atoms with van der Waals surface area (Å²) >= 11 is 0. The van der Waals surface area contributed by atoms with Gasteiger partial charge in [0.2, 0.25) is 0 Å². The lowest BCUT2D eigenvalue weighted by molar-refractivity contribution is -0.136. The summed E-state index contributed by atoms with van der Waals surface area (Å²) in [4.78, 5) is 34.3. The summed E-state index contributed by atoms with van der Waals surface area (Å²) in [5.74, 6) is -3.74. The maximum absolute atomic E-state index is 11.4. The van der Waals surface area contributed by atoms with Crippen LogP contribution in [0.4, 0.5) is 5.69 Å². The molecule has 0 aliphatic rings. The van der Waals surface area contributed by atoms with Gasteiger partial charge >= 0.3 is 17.9 Å². The Balaban J connectivity index is 2.62. The van der Waals surface area contributed by atoms with Crippen LogP contribution in [0, 0.1) is 0 Å². The van der Waals surface area contributed by atoms with Gasteiger partial charge in [-0.3, -0.25) is 9.59 Å². The van der Waals surface area contributed by atoms with E-state index in [0.717, 1.165) is 4.90 Å². The fourth-order valence-electron chi connectivity index (χ4n) is 2.21. The molecule has 2 aromatic rings. The summed E-state index contributed by atoms with van der Waals surface area (Å²) in [7, 11) is 0. The van der Waals surface area contributed by atoms with Gasteiger partial charge in [-0.1, -0.05) is 24.3 Å². The van der Waals surface area contributed by atoms with Crippen molar-refractivity contribution in [3.05, 3.63) is 42.0 Å². The molecule has 0 saturated carbocycles. The smallest absolute Gasteiger partial charge is 0.337 e. The Hall–Kier alpha value is -3.09. The molecular formula is C15H13NO6. The highest BCUT2D eigenvalue weighted by Crippen LogP contribution is 2.27. The Bertz CT molecular complexity index is 739. The Morgan fingerprint density at radius 1 is 0.864 bits per heavy atom. The highest BCUT2D eigenvalue weighted by Gasteiger charge is 2.21. The van der Waals surface area contributed by atoms with Crippen molar-refractivity contribution in [1.82, 2.24) is 0 Å². The summed E-state index contributed by atoms with van der Waals surface area (Å²) in [6.45, 7) is -1.21. The van der Waals surface area contributed by atoms with Crippen LogP contribution in [0.15, 0.2) is 36.4 Å². The fraction of sp³-hybridized carbons (Fsp3) is 0.133. The fourth-order valence-corrected chi connectivity index (χ4v) is 2.21. The van der Waals surface area contributed by atoms with E-state index >= 15 is 0 Å². The number of hydrogen-bond acceptors (Lipinski definition) is 4. The number of fused-ring (bicyclic) bond motifs is 1. The summed E-state index contributed by atoms with van der Waals surface area (Å²) in [6, 6.07) is 9.87. The molecule has 0 unspecified atom stereocenters. The van der Waals surface area contributed by atoms with Crippen molar-refractivity contribution in [2.75, 3.05) is 18.0 Å². The molecule has 3 N–H and O–H groups in total. The highest BCUT2D eigenvalue weighted by atomic mass is 16.4. The first-order valence-corrected chi connectivity index (χ1v) is 6.33. The topological polar surface area (TPSA) is 115 Å². The van der Waals surface area contributed by atoms with E-state index in [9.17, 15) is 19.5 Å². The molecule has 0 atom stereocenters. The third-order valence-electron chi connectivity index (χ3n) is 3.09. The van der Waals surface area contributed by atoms with E-state index in [0.29, 0.717) is 10.8 Å². The molecule has 0 saturated heterocycles. The van der Waals surface area contributed by atoms with E-state index in [-0.39, 0.29) is 11.3 Å². The first kappa shape index (κ1) is 15.3. The van der Waals surface area contributed by atoms with Crippen LogP contribution in [0.5, 0.6) is 0 Å². The Kier molecular flexibility index (Phi) is 4.26. The van der Waals surface area contributed by atoms with E-state index in [1.54, 1.807) is 24.3 Å². The first-order chi connectivity index (χ1) is 10.4. The van der Waals surface area contributed by atoms with Crippen LogP contribution >= 0.6 is 0 Å². The maximum Gasteiger partial charge on any atom is 0.337 e. The van der Waals surface area contributed by atoms with E-state index in [1.807, 2.05) is 0 Å². The Morgan fingerprint density at radius 3 is 1.82 bits per heavy atom. The molecule has 0 spiro atoms. The molecule has 0 radical (unpaired) electrons. The lowest BCUT2D eigenvalue weighted by Crippen LogP contribution is -2.35. The van der Waals surface area contributed by atoms with Crippen LogP contribution in [0.3, 0.4) is 0 Å². The average Bonchev–Trinajstić information content (AvgIpc) is 2.44. The van der Waals surface area contributed by atoms with Gasteiger partial charge in [-0.2, -0.15) is 0 Å². The van der Waals surface area contributed by atoms with Crippen molar-refractivity contribution in [2.24, 2.45) is 0 Å². The molecule has 0 heterocycles. The second kappa shape index (κ2) is 6.13. The van der Waals surface area contributed by atoms with Crippen LogP contribution in [-0.2, 0) is 9.59 Å². The predicted molar refractivity (Wildman–Crippen MR) is 78.4 cm³/mol. The van der Waals surface area contributed by atoms with Crippen LogP contribution in [0.1, 0.15) is 10.4 Å². The summed E-state index contributed by atoms with van der Waals surface area (Å²) in [5, 5.41) is 28.5. The molecule has 7 nitrogen and oxygen atoms in total. The zero-order valence-corrected chi connectivity index (χ0v) is 11.4. The van der Waals surface area contributed by atoms with Crippen LogP contribution in [0.25, 0.3) is 10.8 Å². The molecular weight excluding hydrogens is 290 g/mol. The van der Waals surface area contributed by atoms with Gasteiger partial charge in [0.05, 0.1) is 11.3 Å². The number of benzene rings is 2. The second-order valence-electron chi connectivity index (χ2n) is 4.67. The minimum absolute atomic E-state index is 0.0657. The molecule has 0 fully saturated rings. The number of carbonyl (C=O) groups is 3. The largest absolute Gasteiger partial charge is 0.480 e. The number of carboxylic acids is 3. The predicted octanol–water partition coefficient (Wildman–Crippen LogP) is 1.51. The highest BCUT2D eigenvalue weighted by molar-refractivity contribution is 6.02. The lowest BCUT2D eigenvalue weighted by Gasteiger charge is -2.23. The lowest BCUT2D eigenvalue weighted by atomic mass is 10.0. The van der Waals surface area contributed by atoms with E-state index in [1.165, 1.54) is 12.1 Å². The molecule has 0 aliphatic carbocycles. The molecule has 0 amide bonds. The van der Waals surface area contributed by atoms with E-state index < -0.39 is 31.0 Å². The number of hydrogen-bond donors (Lipinski definition) is 3. The van der Waals surface area contributed by atoms with Crippen molar-refractivity contribution < 1.29 is 29.7 Å². The Labute approximate surface area is 125 Å². The average molecular weight is 303 g/mol. The van der Waals surface area contributed by atoms with Gasteiger partial charge in [0.1, 0.15) is 13.1 Å². The molecule has 22 heavy (non-hydrogen) atoms. The van der Waals surface area contributed by atoms with Gasteiger partial charge in [0.15, 0.2) is 0 Å². The molecule has 0 bridgehead atoms. The molecule has 2 aromatic carbocycles. The number of carboxylic acid groups (broad SMARTS) is 3. The molecule has 0 aliphatic heterocycles. The third kappa shape index (κ3) is 3.32. The monoisotopic (exact) mass is 303 g/mol. The van der Waals surface area contributed by atoms with Gasteiger partial charge in [0.25, 0.3) is 0 Å². The van der Waals surface area contributed by atoms with E-state index in [4.69, 9.17) is 10.2 Å². The molecule has 0 aromatic heterocycles. The first-order valence-electron chi connectivity index (χ1n) is 6.33. The minimum atomic E-state index is -1.25. The number of nitrogens with zero attached hydrogens (tertiary/aromatic N) is 1.